The molecular formula is C16H21N3OS. The van der Waals surface area contributed by atoms with Crippen LogP contribution in [-0.2, 0) is 19.4 Å². The van der Waals surface area contributed by atoms with Crippen LogP contribution in [0.3, 0.4) is 0 Å². The Morgan fingerprint density at radius 3 is 2.76 bits per heavy atom. The van der Waals surface area contributed by atoms with Crippen LogP contribution in [0.15, 0.2) is 4.79 Å². The summed E-state index contributed by atoms with van der Waals surface area (Å²) in [5, 5.41) is 0.872. The molecule has 1 saturated heterocycles. The minimum Gasteiger partial charge on any atom is -0.309 e. The average molecular weight is 303 g/mol. The first-order valence-electron chi connectivity index (χ1n) is 8.07. The number of H-pyrrole nitrogens is 1. The van der Waals surface area contributed by atoms with Crippen molar-refractivity contribution in [3.8, 4) is 0 Å². The Morgan fingerprint density at radius 1 is 1.10 bits per heavy atom. The molecule has 1 aliphatic heterocycles. The number of aryl methyl sites for hydroxylation is 2. The highest BCUT2D eigenvalue weighted by molar-refractivity contribution is 7.18. The summed E-state index contributed by atoms with van der Waals surface area (Å²) in [7, 11) is 0. The van der Waals surface area contributed by atoms with E-state index >= 15 is 0 Å². The summed E-state index contributed by atoms with van der Waals surface area (Å²) in [6.45, 7) is 3.04. The van der Waals surface area contributed by atoms with Gasteiger partial charge < -0.3 is 4.98 Å². The van der Waals surface area contributed by atoms with Crippen molar-refractivity contribution in [3.05, 3.63) is 26.6 Å². The average Bonchev–Trinajstić information content (AvgIpc) is 2.87. The summed E-state index contributed by atoms with van der Waals surface area (Å²) >= 11 is 1.74. The second-order valence-electron chi connectivity index (χ2n) is 6.24. The van der Waals surface area contributed by atoms with Crippen LogP contribution in [0.5, 0.6) is 0 Å². The molecule has 1 fully saturated rings. The number of aromatic nitrogens is 2. The molecule has 0 saturated carbocycles. The Hall–Kier alpha value is -1.20. The van der Waals surface area contributed by atoms with Gasteiger partial charge in [0.05, 0.1) is 11.9 Å². The number of fused-ring (bicyclic) bond motifs is 3. The van der Waals surface area contributed by atoms with Gasteiger partial charge in [0.25, 0.3) is 5.56 Å². The Morgan fingerprint density at radius 2 is 1.90 bits per heavy atom. The first-order chi connectivity index (χ1) is 10.3. The van der Waals surface area contributed by atoms with E-state index in [1.54, 1.807) is 11.3 Å². The van der Waals surface area contributed by atoms with Gasteiger partial charge in [-0.25, -0.2) is 4.98 Å². The third-order valence-corrected chi connectivity index (χ3v) is 5.88. The van der Waals surface area contributed by atoms with Crippen LogP contribution in [0.4, 0.5) is 0 Å². The molecule has 3 heterocycles. The predicted octanol–water partition coefficient (Wildman–Crippen LogP) is 2.85. The molecule has 112 valence electrons. The number of piperidine rings is 1. The molecule has 2 aliphatic rings. The van der Waals surface area contributed by atoms with E-state index < -0.39 is 0 Å². The van der Waals surface area contributed by atoms with E-state index in [2.05, 4.69) is 9.88 Å². The van der Waals surface area contributed by atoms with Crippen molar-refractivity contribution in [1.29, 1.82) is 0 Å². The fraction of sp³-hybridized carbons (Fsp3) is 0.625. The zero-order valence-corrected chi connectivity index (χ0v) is 13.1. The maximum absolute atomic E-state index is 12.5. The van der Waals surface area contributed by atoms with Crippen LogP contribution in [0.1, 0.15) is 48.4 Å². The van der Waals surface area contributed by atoms with E-state index in [4.69, 9.17) is 4.98 Å². The van der Waals surface area contributed by atoms with Gasteiger partial charge in [0, 0.05) is 4.88 Å². The molecule has 21 heavy (non-hydrogen) atoms. The Kier molecular flexibility index (Phi) is 3.55. The molecule has 0 spiro atoms. The van der Waals surface area contributed by atoms with Crippen LogP contribution in [0, 0.1) is 0 Å². The quantitative estimate of drug-likeness (QED) is 0.928. The Bertz CT molecular complexity index is 712. The second kappa shape index (κ2) is 5.54. The first-order valence-corrected chi connectivity index (χ1v) is 8.89. The van der Waals surface area contributed by atoms with Gasteiger partial charge in [-0.05, 0) is 57.2 Å². The second-order valence-corrected chi connectivity index (χ2v) is 7.32. The molecule has 0 atom stereocenters. The summed E-state index contributed by atoms with van der Waals surface area (Å²) in [6, 6.07) is 0. The normalized spacial score (nSPS) is 19.8. The van der Waals surface area contributed by atoms with E-state index in [0.29, 0.717) is 0 Å². The van der Waals surface area contributed by atoms with Crippen molar-refractivity contribution in [2.75, 3.05) is 13.1 Å². The van der Waals surface area contributed by atoms with Crippen LogP contribution >= 0.6 is 11.3 Å². The molecule has 0 aromatic carbocycles. The highest BCUT2D eigenvalue weighted by atomic mass is 32.1. The van der Waals surface area contributed by atoms with Gasteiger partial charge in [-0.1, -0.05) is 6.42 Å². The third-order valence-electron chi connectivity index (χ3n) is 4.70. The number of hydrogen-bond donors (Lipinski definition) is 1. The van der Waals surface area contributed by atoms with Crippen molar-refractivity contribution in [1.82, 2.24) is 14.9 Å². The van der Waals surface area contributed by atoms with E-state index in [1.165, 1.54) is 42.5 Å². The lowest BCUT2D eigenvalue weighted by molar-refractivity contribution is 0.216. The lowest BCUT2D eigenvalue weighted by Crippen LogP contribution is -2.30. The number of thiophene rings is 1. The molecule has 0 unspecified atom stereocenters. The van der Waals surface area contributed by atoms with Crippen molar-refractivity contribution in [2.24, 2.45) is 0 Å². The van der Waals surface area contributed by atoms with Gasteiger partial charge in [-0.2, -0.15) is 0 Å². The highest BCUT2D eigenvalue weighted by Crippen LogP contribution is 2.33. The maximum Gasteiger partial charge on any atom is 0.259 e. The SMILES string of the molecule is O=c1[nH]c(CN2CCCCC2)nc2sc3c(c12)CCCC3. The lowest BCUT2D eigenvalue weighted by atomic mass is 9.97. The monoisotopic (exact) mass is 303 g/mol. The van der Waals surface area contributed by atoms with Gasteiger partial charge >= 0.3 is 0 Å². The number of nitrogens with zero attached hydrogens (tertiary/aromatic N) is 2. The van der Waals surface area contributed by atoms with Crippen LogP contribution in [0.2, 0.25) is 0 Å². The fourth-order valence-corrected chi connectivity index (χ4v) is 4.89. The van der Waals surface area contributed by atoms with Gasteiger partial charge in [-0.3, -0.25) is 9.69 Å². The van der Waals surface area contributed by atoms with Gasteiger partial charge in [0.1, 0.15) is 10.7 Å². The largest absolute Gasteiger partial charge is 0.309 e. The highest BCUT2D eigenvalue weighted by Gasteiger charge is 2.20. The molecule has 1 N–H and O–H groups in total. The number of nitrogens with one attached hydrogen (secondary N) is 1. The van der Waals surface area contributed by atoms with Crippen molar-refractivity contribution in [2.45, 2.75) is 51.5 Å². The molecule has 4 rings (SSSR count). The molecule has 0 radical (unpaired) electrons. The number of hydrogen-bond acceptors (Lipinski definition) is 4. The zero-order valence-electron chi connectivity index (χ0n) is 12.3. The third kappa shape index (κ3) is 2.53. The molecular weight excluding hydrogens is 282 g/mol. The minimum absolute atomic E-state index is 0.0754. The van der Waals surface area contributed by atoms with Gasteiger partial charge in [-0.15, -0.1) is 11.3 Å². The van der Waals surface area contributed by atoms with Gasteiger partial charge in [0.2, 0.25) is 0 Å². The molecule has 2 aromatic heterocycles. The minimum atomic E-state index is 0.0754. The van der Waals surface area contributed by atoms with Crippen molar-refractivity contribution < 1.29 is 0 Å². The van der Waals surface area contributed by atoms with E-state index in [1.807, 2.05) is 0 Å². The summed E-state index contributed by atoms with van der Waals surface area (Å²) in [5.74, 6) is 0.841. The summed E-state index contributed by atoms with van der Waals surface area (Å²) < 4.78 is 0. The summed E-state index contributed by atoms with van der Waals surface area (Å²) in [6.07, 6.45) is 8.48. The lowest BCUT2D eigenvalue weighted by Gasteiger charge is -2.25. The van der Waals surface area contributed by atoms with E-state index in [9.17, 15) is 4.79 Å². The van der Waals surface area contributed by atoms with Crippen LogP contribution in [-0.4, -0.2) is 28.0 Å². The topological polar surface area (TPSA) is 49.0 Å². The zero-order chi connectivity index (χ0) is 14.2. The van der Waals surface area contributed by atoms with E-state index in [-0.39, 0.29) is 5.56 Å². The van der Waals surface area contributed by atoms with Crippen molar-refractivity contribution in [3.63, 3.8) is 0 Å². The number of aromatic amines is 1. The fourth-order valence-electron chi connectivity index (χ4n) is 3.61. The Balaban J connectivity index is 1.70. The predicted molar refractivity (Wildman–Crippen MR) is 86.0 cm³/mol. The summed E-state index contributed by atoms with van der Waals surface area (Å²) in [5.41, 5.74) is 1.35. The molecule has 0 amide bonds. The first kappa shape index (κ1) is 13.5. The smallest absolute Gasteiger partial charge is 0.259 e. The Labute approximate surface area is 128 Å². The van der Waals surface area contributed by atoms with Crippen LogP contribution in [0.25, 0.3) is 10.2 Å². The molecule has 4 nitrogen and oxygen atoms in total. The molecule has 1 aliphatic carbocycles. The standard InChI is InChI=1S/C16H21N3OS/c20-15-14-11-6-2-3-7-12(11)21-16(14)18-13(17-15)10-19-8-4-1-5-9-19/h1-10H2,(H,17,18,20). The number of rotatable bonds is 2. The van der Waals surface area contributed by atoms with Crippen molar-refractivity contribution >= 4 is 21.6 Å². The molecule has 5 heteroatoms. The molecule has 2 aromatic rings. The van der Waals surface area contributed by atoms with Crippen LogP contribution < -0.4 is 5.56 Å². The van der Waals surface area contributed by atoms with E-state index in [0.717, 1.165) is 48.5 Å². The molecule has 0 bridgehead atoms. The maximum atomic E-state index is 12.5. The van der Waals surface area contributed by atoms with Gasteiger partial charge in [0.15, 0.2) is 0 Å². The number of likely N-dealkylation sites (tertiary alicyclic amines) is 1. The summed E-state index contributed by atoms with van der Waals surface area (Å²) in [4.78, 5) is 25.0.